The van der Waals surface area contributed by atoms with E-state index in [9.17, 15) is 5.11 Å². The molecular formula is C13H22N2O. The molecule has 1 aromatic rings. The standard InChI is InChI=1S/C13H22N2O/c1-2-15-7-6-11(9-15)8-14-13-5-3-4-12(13)10-16/h6-7,9,12-14,16H,2-5,8,10H2,1H3. The van der Waals surface area contributed by atoms with Gasteiger partial charge in [0, 0.05) is 38.1 Å². The second-order valence-electron chi connectivity index (χ2n) is 4.71. The lowest BCUT2D eigenvalue weighted by molar-refractivity contribution is 0.205. The molecule has 1 aliphatic rings. The van der Waals surface area contributed by atoms with Crippen LogP contribution in [0.5, 0.6) is 0 Å². The number of hydrogen-bond donors (Lipinski definition) is 2. The zero-order valence-electron chi connectivity index (χ0n) is 10.0. The van der Waals surface area contributed by atoms with Gasteiger partial charge in [-0.05, 0) is 37.3 Å². The largest absolute Gasteiger partial charge is 0.396 e. The van der Waals surface area contributed by atoms with Gasteiger partial charge in [-0.15, -0.1) is 0 Å². The van der Waals surface area contributed by atoms with Gasteiger partial charge in [0.15, 0.2) is 0 Å². The van der Waals surface area contributed by atoms with E-state index in [2.05, 4.69) is 35.3 Å². The maximum Gasteiger partial charge on any atom is 0.0474 e. The second kappa shape index (κ2) is 5.51. The molecule has 2 rings (SSSR count). The summed E-state index contributed by atoms with van der Waals surface area (Å²) < 4.78 is 2.19. The summed E-state index contributed by atoms with van der Waals surface area (Å²) in [5.74, 6) is 0.466. The van der Waals surface area contributed by atoms with E-state index < -0.39 is 0 Å². The first kappa shape index (κ1) is 11.7. The molecule has 1 aromatic heterocycles. The Bertz CT molecular complexity index is 321. The lowest BCUT2D eigenvalue weighted by atomic mass is 10.1. The minimum atomic E-state index is 0.327. The quantitative estimate of drug-likeness (QED) is 0.796. The van der Waals surface area contributed by atoms with Crippen LogP contribution in [-0.4, -0.2) is 22.3 Å². The van der Waals surface area contributed by atoms with Crippen LogP contribution in [0.3, 0.4) is 0 Å². The van der Waals surface area contributed by atoms with Gasteiger partial charge in [-0.25, -0.2) is 0 Å². The first-order chi connectivity index (χ1) is 7.83. The fraction of sp³-hybridized carbons (Fsp3) is 0.692. The highest BCUT2D eigenvalue weighted by atomic mass is 16.3. The summed E-state index contributed by atoms with van der Waals surface area (Å²) in [5, 5.41) is 12.8. The van der Waals surface area contributed by atoms with Crippen LogP contribution in [-0.2, 0) is 13.1 Å². The fourth-order valence-corrected chi connectivity index (χ4v) is 2.56. The Kier molecular flexibility index (Phi) is 4.02. The molecule has 0 bridgehead atoms. The zero-order valence-corrected chi connectivity index (χ0v) is 10.0. The van der Waals surface area contributed by atoms with E-state index in [1.54, 1.807) is 0 Å². The van der Waals surface area contributed by atoms with Gasteiger partial charge in [0.2, 0.25) is 0 Å². The van der Waals surface area contributed by atoms with Crippen LogP contribution in [0, 0.1) is 5.92 Å². The maximum atomic E-state index is 9.23. The number of rotatable bonds is 5. The number of hydrogen-bond acceptors (Lipinski definition) is 2. The number of aromatic nitrogens is 1. The Morgan fingerprint density at radius 3 is 3.06 bits per heavy atom. The third kappa shape index (κ3) is 2.66. The first-order valence-electron chi connectivity index (χ1n) is 6.32. The molecule has 3 heteroatoms. The predicted molar refractivity (Wildman–Crippen MR) is 65.2 cm³/mol. The molecule has 1 heterocycles. The van der Waals surface area contributed by atoms with E-state index in [-0.39, 0.29) is 0 Å². The predicted octanol–water partition coefficient (Wildman–Crippen LogP) is 1.76. The molecule has 0 aromatic carbocycles. The van der Waals surface area contributed by atoms with E-state index in [1.165, 1.54) is 24.8 Å². The molecule has 1 aliphatic carbocycles. The molecule has 2 N–H and O–H groups in total. The van der Waals surface area contributed by atoms with Crippen molar-refractivity contribution in [1.82, 2.24) is 9.88 Å². The Morgan fingerprint density at radius 1 is 1.50 bits per heavy atom. The highest BCUT2D eigenvalue weighted by molar-refractivity contribution is 5.10. The van der Waals surface area contributed by atoms with Crippen molar-refractivity contribution >= 4 is 0 Å². The first-order valence-corrected chi connectivity index (χ1v) is 6.32. The van der Waals surface area contributed by atoms with Crippen LogP contribution in [0.4, 0.5) is 0 Å². The summed E-state index contributed by atoms with van der Waals surface area (Å²) in [5.41, 5.74) is 1.34. The molecule has 0 aliphatic heterocycles. The molecule has 2 unspecified atom stereocenters. The molecule has 1 fully saturated rings. The molecule has 3 nitrogen and oxygen atoms in total. The summed E-state index contributed by atoms with van der Waals surface area (Å²) in [7, 11) is 0. The molecule has 0 spiro atoms. The van der Waals surface area contributed by atoms with Gasteiger partial charge in [0.25, 0.3) is 0 Å². The summed E-state index contributed by atoms with van der Waals surface area (Å²) >= 11 is 0. The van der Waals surface area contributed by atoms with Crippen LogP contribution in [0.25, 0.3) is 0 Å². The van der Waals surface area contributed by atoms with Crippen molar-refractivity contribution in [3.8, 4) is 0 Å². The Morgan fingerprint density at radius 2 is 2.38 bits per heavy atom. The highest BCUT2D eigenvalue weighted by Crippen LogP contribution is 2.25. The van der Waals surface area contributed by atoms with E-state index >= 15 is 0 Å². The Hall–Kier alpha value is -0.800. The number of aryl methyl sites for hydroxylation is 1. The average Bonchev–Trinajstić information content (AvgIpc) is 2.94. The van der Waals surface area contributed by atoms with E-state index in [4.69, 9.17) is 0 Å². The summed E-state index contributed by atoms with van der Waals surface area (Å²) in [6, 6.07) is 2.68. The molecule has 0 saturated heterocycles. The van der Waals surface area contributed by atoms with Crippen molar-refractivity contribution in [3.05, 3.63) is 24.0 Å². The van der Waals surface area contributed by atoms with Gasteiger partial charge in [-0.2, -0.15) is 0 Å². The van der Waals surface area contributed by atoms with E-state index in [0.717, 1.165) is 13.1 Å². The number of nitrogens with zero attached hydrogens (tertiary/aromatic N) is 1. The molecule has 2 atom stereocenters. The molecule has 90 valence electrons. The van der Waals surface area contributed by atoms with Crippen LogP contribution in [0.15, 0.2) is 18.5 Å². The molecule has 0 amide bonds. The molecule has 0 radical (unpaired) electrons. The van der Waals surface area contributed by atoms with Gasteiger partial charge in [0.05, 0.1) is 0 Å². The van der Waals surface area contributed by atoms with E-state index in [0.29, 0.717) is 18.6 Å². The number of aliphatic hydroxyl groups excluding tert-OH is 1. The number of nitrogens with one attached hydrogen (secondary N) is 1. The van der Waals surface area contributed by atoms with Crippen LogP contribution in [0.1, 0.15) is 31.7 Å². The highest BCUT2D eigenvalue weighted by Gasteiger charge is 2.25. The maximum absolute atomic E-state index is 9.23. The van der Waals surface area contributed by atoms with Gasteiger partial charge in [-0.1, -0.05) is 6.42 Å². The third-order valence-electron chi connectivity index (χ3n) is 3.64. The molecule has 1 saturated carbocycles. The van der Waals surface area contributed by atoms with Crippen LogP contribution >= 0.6 is 0 Å². The summed E-state index contributed by atoms with van der Waals surface area (Å²) in [6.07, 6.45) is 7.94. The second-order valence-corrected chi connectivity index (χ2v) is 4.71. The van der Waals surface area contributed by atoms with Gasteiger partial charge in [0.1, 0.15) is 0 Å². The minimum Gasteiger partial charge on any atom is -0.396 e. The fourth-order valence-electron chi connectivity index (χ4n) is 2.56. The topological polar surface area (TPSA) is 37.2 Å². The van der Waals surface area contributed by atoms with Gasteiger partial charge >= 0.3 is 0 Å². The van der Waals surface area contributed by atoms with E-state index in [1.807, 2.05) is 0 Å². The normalized spacial score (nSPS) is 25.1. The van der Waals surface area contributed by atoms with Crippen molar-refractivity contribution in [2.24, 2.45) is 5.92 Å². The monoisotopic (exact) mass is 222 g/mol. The average molecular weight is 222 g/mol. The molecule has 16 heavy (non-hydrogen) atoms. The minimum absolute atomic E-state index is 0.327. The van der Waals surface area contributed by atoms with Crippen LogP contribution in [0.2, 0.25) is 0 Å². The van der Waals surface area contributed by atoms with Crippen LogP contribution < -0.4 is 5.32 Å². The lowest BCUT2D eigenvalue weighted by Gasteiger charge is -2.18. The number of aliphatic hydroxyl groups is 1. The lowest BCUT2D eigenvalue weighted by Crippen LogP contribution is -2.33. The van der Waals surface area contributed by atoms with Crippen molar-refractivity contribution in [2.75, 3.05) is 6.61 Å². The summed E-state index contributed by atoms with van der Waals surface area (Å²) in [4.78, 5) is 0. The van der Waals surface area contributed by atoms with Crippen molar-refractivity contribution in [1.29, 1.82) is 0 Å². The molecular weight excluding hydrogens is 200 g/mol. The van der Waals surface area contributed by atoms with Crippen molar-refractivity contribution in [2.45, 2.75) is 45.3 Å². The van der Waals surface area contributed by atoms with Gasteiger partial charge in [-0.3, -0.25) is 0 Å². The van der Waals surface area contributed by atoms with Gasteiger partial charge < -0.3 is 15.0 Å². The smallest absolute Gasteiger partial charge is 0.0474 e. The summed E-state index contributed by atoms with van der Waals surface area (Å²) in [6.45, 7) is 4.43. The van der Waals surface area contributed by atoms with Crippen molar-refractivity contribution < 1.29 is 5.11 Å². The van der Waals surface area contributed by atoms with Crippen molar-refractivity contribution in [3.63, 3.8) is 0 Å². The Balaban J connectivity index is 1.82. The SMILES string of the molecule is CCn1ccc(CNC2CCCC2CO)c1. The Labute approximate surface area is 97.5 Å². The zero-order chi connectivity index (χ0) is 11.4. The third-order valence-corrected chi connectivity index (χ3v) is 3.64.